The van der Waals surface area contributed by atoms with Crippen molar-refractivity contribution >= 4 is 18.0 Å². The van der Waals surface area contributed by atoms with Crippen LogP contribution in [0.5, 0.6) is 0 Å². The van der Waals surface area contributed by atoms with Crippen LogP contribution in [0.1, 0.15) is 31.3 Å². The molecule has 2 amide bonds. The molecule has 0 spiro atoms. The largest absolute Gasteiger partial charge is 0.367 e. The molecule has 0 bridgehead atoms. The minimum absolute atomic E-state index is 0.167. The minimum Gasteiger partial charge on any atom is -0.367 e. The van der Waals surface area contributed by atoms with Crippen molar-refractivity contribution < 1.29 is 9.59 Å². The van der Waals surface area contributed by atoms with Crippen LogP contribution >= 0.6 is 0 Å². The van der Waals surface area contributed by atoms with Gasteiger partial charge in [0, 0.05) is 31.7 Å². The third kappa shape index (κ3) is 4.18. The molecule has 0 radical (unpaired) electrons. The fourth-order valence-corrected chi connectivity index (χ4v) is 2.20. The maximum absolute atomic E-state index is 12.0. The molecule has 1 aliphatic rings. The molecule has 1 fully saturated rings. The molecule has 0 aromatic carbocycles. The van der Waals surface area contributed by atoms with Gasteiger partial charge < -0.3 is 15.1 Å². The van der Waals surface area contributed by atoms with E-state index in [1.807, 2.05) is 26.8 Å². The second-order valence-corrected chi connectivity index (χ2v) is 6.23. The van der Waals surface area contributed by atoms with Crippen LogP contribution in [-0.4, -0.2) is 53.9 Å². The number of aromatic nitrogens is 1. The first-order valence-corrected chi connectivity index (χ1v) is 7.12. The van der Waals surface area contributed by atoms with E-state index < -0.39 is 0 Å². The summed E-state index contributed by atoms with van der Waals surface area (Å²) in [5.74, 6) is -0.167. The van der Waals surface area contributed by atoms with E-state index >= 15 is 0 Å². The SMILES string of the molecule is CC(C)(C)NC(=O)c1ccc(N2CCN(C=O)CC2)cn1. The van der Waals surface area contributed by atoms with Crippen molar-refractivity contribution in [3.63, 3.8) is 0 Å². The van der Waals surface area contributed by atoms with Crippen LogP contribution in [0.3, 0.4) is 0 Å². The number of nitrogens with zero attached hydrogens (tertiary/aromatic N) is 3. The van der Waals surface area contributed by atoms with Crippen molar-refractivity contribution in [2.75, 3.05) is 31.1 Å². The smallest absolute Gasteiger partial charge is 0.270 e. The van der Waals surface area contributed by atoms with E-state index in [4.69, 9.17) is 0 Å². The average molecular weight is 290 g/mol. The van der Waals surface area contributed by atoms with Crippen molar-refractivity contribution in [1.29, 1.82) is 0 Å². The standard InChI is InChI=1S/C15H22N4O2/c1-15(2,3)17-14(21)13-5-4-12(10-16-13)19-8-6-18(11-20)7-9-19/h4-5,10-11H,6-9H2,1-3H3,(H,17,21). The van der Waals surface area contributed by atoms with E-state index in [1.165, 1.54) is 0 Å². The lowest BCUT2D eigenvalue weighted by atomic mass is 10.1. The van der Waals surface area contributed by atoms with Crippen LogP contribution in [0.25, 0.3) is 0 Å². The maximum atomic E-state index is 12.0. The molecule has 1 saturated heterocycles. The van der Waals surface area contributed by atoms with Crippen molar-refractivity contribution in [3.05, 3.63) is 24.0 Å². The fourth-order valence-electron chi connectivity index (χ4n) is 2.20. The van der Waals surface area contributed by atoms with Crippen LogP contribution in [0, 0.1) is 0 Å². The van der Waals surface area contributed by atoms with E-state index in [-0.39, 0.29) is 11.4 Å². The van der Waals surface area contributed by atoms with Crippen LogP contribution in [0.15, 0.2) is 18.3 Å². The molecule has 6 nitrogen and oxygen atoms in total. The molecule has 114 valence electrons. The fraction of sp³-hybridized carbons (Fsp3) is 0.533. The predicted octanol–water partition coefficient (Wildman–Crippen LogP) is 0.888. The second kappa shape index (κ2) is 6.11. The zero-order valence-electron chi connectivity index (χ0n) is 12.8. The zero-order valence-corrected chi connectivity index (χ0v) is 12.8. The van der Waals surface area contributed by atoms with Gasteiger partial charge in [-0.3, -0.25) is 9.59 Å². The lowest BCUT2D eigenvalue weighted by molar-refractivity contribution is -0.118. The lowest BCUT2D eigenvalue weighted by Crippen LogP contribution is -2.45. The molecule has 2 rings (SSSR count). The van der Waals surface area contributed by atoms with E-state index in [1.54, 1.807) is 17.2 Å². The Labute approximate surface area is 125 Å². The van der Waals surface area contributed by atoms with Gasteiger partial charge >= 0.3 is 0 Å². The number of anilines is 1. The number of carbonyl (C=O) groups excluding carboxylic acids is 2. The molecule has 0 saturated carbocycles. The molecule has 0 unspecified atom stereocenters. The topological polar surface area (TPSA) is 65.5 Å². The Hall–Kier alpha value is -2.11. The number of hydrogen-bond acceptors (Lipinski definition) is 4. The molecule has 1 aromatic rings. The Balaban J connectivity index is 1.99. The second-order valence-electron chi connectivity index (χ2n) is 6.23. The Kier molecular flexibility index (Phi) is 4.45. The molecular formula is C15H22N4O2. The Morgan fingerprint density at radius 3 is 2.38 bits per heavy atom. The summed E-state index contributed by atoms with van der Waals surface area (Å²) in [7, 11) is 0. The summed E-state index contributed by atoms with van der Waals surface area (Å²) >= 11 is 0. The van der Waals surface area contributed by atoms with Crippen molar-refractivity contribution in [3.8, 4) is 0 Å². The number of piperazine rings is 1. The highest BCUT2D eigenvalue weighted by molar-refractivity contribution is 5.92. The highest BCUT2D eigenvalue weighted by Gasteiger charge is 2.18. The number of pyridine rings is 1. The maximum Gasteiger partial charge on any atom is 0.270 e. The summed E-state index contributed by atoms with van der Waals surface area (Å²) in [6.45, 7) is 8.82. The molecule has 2 heterocycles. The highest BCUT2D eigenvalue weighted by Crippen LogP contribution is 2.15. The quantitative estimate of drug-likeness (QED) is 0.840. The van der Waals surface area contributed by atoms with Crippen LogP contribution in [0.4, 0.5) is 5.69 Å². The van der Waals surface area contributed by atoms with Crippen molar-refractivity contribution in [2.45, 2.75) is 26.3 Å². The normalized spacial score (nSPS) is 15.8. The summed E-state index contributed by atoms with van der Waals surface area (Å²) < 4.78 is 0. The molecule has 0 atom stereocenters. The van der Waals surface area contributed by atoms with Gasteiger partial charge in [-0.1, -0.05) is 0 Å². The van der Waals surface area contributed by atoms with Crippen LogP contribution in [0.2, 0.25) is 0 Å². The average Bonchev–Trinajstić information content (AvgIpc) is 2.46. The van der Waals surface area contributed by atoms with Gasteiger partial charge in [0.05, 0.1) is 11.9 Å². The first-order valence-electron chi connectivity index (χ1n) is 7.12. The van der Waals surface area contributed by atoms with Crippen LogP contribution < -0.4 is 10.2 Å². The number of hydrogen-bond donors (Lipinski definition) is 1. The van der Waals surface area contributed by atoms with Gasteiger partial charge in [0.1, 0.15) is 5.69 Å². The zero-order chi connectivity index (χ0) is 15.5. The van der Waals surface area contributed by atoms with Crippen molar-refractivity contribution in [2.24, 2.45) is 0 Å². The molecular weight excluding hydrogens is 268 g/mol. The third-order valence-corrected chi connectivity index (χ3v) is 3.30. The van der Waals surface area contributed by atoms with Gasteiger partial charge in [-0.05, 0) is 32.9 Å². The van der Waals surface area contributed by atoms with Gasteiger partial charge in [0.25, 0.3) is 5.91 Å². The molecule has 1 aliphatic heterocycles. The summed E-state index contributed by atoms with van der Waals surface area (Å²) in [5, 5.41) is 2.89. The number of rotatable bonds is 3. The first kappa shape index (κ1) is 15.3. The molecule has 0 aliphatic carbocycles. The van der Waals surface area contributed by atoms with Gasteiger partial charge in [-0.15, -0.1) is 0 Å². The summed E-state index contributed by atoms with van der Waals surface area (Å²) in [5.41, 5.74) is 1.12. The van der Waals surface area contributed by atoms with E-state index in [2.05, 4.69) is 15.2 Å². The van der Waals surface area contributed by atoms with Gasteiger partial charge in [-0.2, -0.15) is 0 Å². The monoisotopic (exact) mass is 290 g/mol. The van der Waals surface area contributed by atoms with E-state index in [9.17, 15) is 9.59 Å². The third-order valence-electron chi connectivity index (χ3n) is 3.30. The highest BCUT2D eigenvalue weighted by atomic mass is 16.2. The summed E-state index contributed by atoms with van der Waals surface area (Å²) in [6, 6.07) is 3.64. The summed E-state index contributed by atoms with van der Waals surface area (Å²) in [4.78, 5) is 30.8. The number of nitrogens with one attached hydrogen (secondary N) is 1. The van der Waals surface area contributed by atoms with Crippen LogP contribution in [-0.2, 0) is 4.79 Å². The number of amides is 2. The van der Waals surface area contributed by atoms with Gasteiger partial charge in [0.15, 0.2) is 0 Å². The molecule has 1 aromatic heterocycles. The Morgan fingerprint density at radius 2 is 1.90 bits per heavy atom. The Morgan fingerprint density at radius 1 is 1.24 bits per heavy atom. The molecule has 1 N–H and O–H groups in total. The summed E-state index contributed by atoms with van der Waals surface area (Å²) in [6.07, 6.45) is 2.60. The van der Waals surface area contributed by atoms with Gasteiger partial charge in [0.2, 0.25) is 6.41 Å². The number of carbonyl (C=O) groups is 2. The van der Waals surface area contributed by atoms with E-state index in [0.717, 1.165) is 38.3 Å². The van der Waals surface area contributed by atoms with E-state index in [0.29, 0.717) is 5.69 Å². The predicted molar refractivity (Wildman–Crippen MR) is 81.3 cm³/mol. The van der Waals surface area contributed by atoms with Gasteiger partial charge in [-0.25, -0.2) is 4.98 Å². The first-order chi connectivity index (χ1) is 9.89. The Bertz CT molecular complexity index is 499. The van der Waals surface area contributed by atoms with Crippen molar-refractivity contribution in [1.82, 2.24) is 15.2 Å². The minimum atomic E-state index is -0.275. The molecule has 21 heavy (non-hydrogen) atoms. The lowest BCUT2D eigenvalue weighted by Gasteiger charge is -2.33. The molecule has 6 heteroatoms.